The van der Waals surface area contributed by atoms with Crippen LogP contribution in [0.15, 0.2) is 54.7 Å². The summed E-state index contributed by atoms with van der Waals surface area (Å²) in [5.74, 6) is -2.02. The van der Waals surface area contributed by atoms with Gasteiger partial charge in [0.25, 0.3) is 0 Å². The molecule has 8 nitrogen and oxygen atoms in total. The summed E-state index contributed by atoms with van der Waals surface area (Å²) in [7, 11) is 0. The summed E-state index contributed by atoms with van der Waals surface area (Å²) in [5.41, 5.74) is 2.48. The van der Waals surface area contributed by atoms with Crippen molar-refractivity contribution in [2.24, 2.45) is 0 Å². The van der Waals surface area contributed by atoms with Crippen LogP contribution in [0.5, 0.6) is 0 Å². The van der Waals surface area contributed by atoms with Gasteiger partial charge in [-0.1, -0.05) is 36.4 Å². The fourth-order valence-corrected chi connectivity index (χ4v) is 4.36. The van der Waals surface area contributed by atoms with Crippen molar-refractivity contribution < 1.29 is 24.6 Å². The van der Waals surface area contributed by atoms with E-state index in [-0.39, 0.29) is 11.5 Å². The number of amides is 1. The molecule has 0 bridgehead atoms. The fraction of sp³-hybridized carbons (Fsp3) is 0.292. The lowest BCUT2D eigenvalue weighted by Gasteiger charge is -2.37. The smallest absolute Gasteiger partial charge is 0.335 e. The molecule has 2 aromatic carbocycles. The zero-order valence-electron chi connectivity index (χ0n) is 17.8. The molecule has 0 saturated carbocycles. The van der Waals surface area contributed by atoms with E-state index < -0.39 is 18.0 Å². The first-order chi connectivity index (χ1) is 15.3. The number of aromatic carboxylic acids is 1. The second kappa shape index (κ2) is 8.84. The van der Waals surface area contributed by atoms with Gasteiger partial charge in [0.05, 0.1) is 5.56 Å². The molecule has 0 aliphatic carbocycles. The maximum atomic E-state index is 12.4. The Morgan fingerprint density at radius 3 is 2.25 bits per heavy atom. The van der Waals surface area contributed by atoms with Gasteiger partial charge in [-0.2, -0.15) is 0 Å². The first-order valence-corrected chi connectivity index (χ1v) is 10.5. The number of carboxylic acids is 2. The van der Waals surface area contributed by atoms with Crippen molar-refractivity contribution in [1.29, 1.82) is 0 Å². The van der Waals surface area contributed by atoms with Crippen molar-refractivity contribution in [3.05, 3.63) is 71.4 Å². The minimum atomic E-state index is -1.03. The number of nitrogens with zero attached hydrogens (tertiary/aromatic N) is 3. The average molecular weight is 435 g/mol. The third kappa shape index (κ3) is 4.22. The molecule has 166 valence electrons. The molecule has 1 aromatic heterocycles. The monoisotopic (exact) mass is 435 g/mol. The summed E-state index contributed by atoms with van der Waals surface area (Å²) in [6.45, 7) is 3.87. The fourth-order valence-electron chi connectivity index (χ4n) is 4.36. The first-order valence-electron chi connectivity index (χ1n) is 10.5. The van der Waals surface area contributed by atoms with Crippen LogP contribution in [0, 0.1) is 0 Å². The number of benzene rings is 2. The Kier molecular flexibility index (Phi) is 5.96. The van der Waals surface area contributed by atoms with Crippen molar-refractivity contribution >= 4 is 28.7 Å². The molecule has 0 radical (unpaired) electrons. The molecule has 2 heterocycles. The molecule has 2 N–H and O–H groups in total. The second-order valence-electron chi connectivity index (χ2n) is 8.02. The van der Waals surface area contributed by atoms with Gasteiger partial charge in [0.15, 0.2) is 0 Å². The standard InChI is InChI=1S/C24H25N3O5/c1-16(28)25-9-11-26(12-10-25)22(24(31)32)20-15-27(14-17-5-3-2-4-6-17)21-13-18(23(29)30)7-8-19(20)21/h2-8,13,15,22H,9-12,14H2,1H3,(H,29,30)(H,31,32)/t22-/m0/s1. The summed E-state index contributed by atoms with van der Waals surface area (Å²) in [4.78, 5) is 39.2. The number of hydrogen-bond donors (Lipinski definition) is 2. The van der Waals surface area contributed by atoms with Gasteiger partial charge in [0.1, 0.15) is 6.04 Å². The highest BCUT2D eigenvalue weighted by Crippen LogP contribution is 2.32. The van der Waals surface area contributed by atoms with Gasteiger partial charge in [-0.15, -0.1) is 0 Å². The first kappa shape index (κ1) is 21.6. The normalized spacial score (nSPS) is 15.6. The Bertz CT molecular complexity index is 1160. The van der Waals surface area contributed by atoms with Crippen LogP contribution in [-0.2, 0) is 16.1 Å². The van der Waals surface area contributed by atoms with Crippen molar-refractivity contribution in [2.75, 3.05) is 26.2 Å². The molecule has 3 aromatic rings. The third-order valence-corrected chi connectivity index (χ3v) is 6.01. The zero-order valence-corrected chi connectivity index (χ0v) is 17.8. The topological polar surface area (TPSA) is 103 Å². The molecule has 1 amide bonds. The van der Waals surface area contributed by atoms with E-state index in [1.807, 2.05) is 46.0 Å². The van der Waals surface area contributed by atoms with Crippen LogP contribution in [0.4, 0.5) is 0 Å². The van der Waals surface area contributed by atoms with Gasteiger partial charge in [0, 0.05) is 62.3 Å². The summed E-state index contributed by atoms with van der Waals surface area (Å²) in [6, 6.07) is 13.6. The number of piperazine rings is 1. The lowest BCUT2D eigenvalue weighted by atomic mass is 10.0. The number of carboxylic acid groups (broad SMARTS) is 2. The van der Waals surface area contributed by atoms with Gasteiger partial charge < -0.3 is 19.7 Å². The van der Waals surface area contributed by atoms with Crippen molar-refractivity contribution in [1.82, 2.24) is 14.4 Å². The summed E-state index contributed by atoms with van der Waals surface area (Å²) in [6.07, 6.45) is 1.82. The van der Waals surface area contributed by atoms with E-state index in [2.05, 4.69) is 0 Å². The minimum Gasteiger partial charge on any atom is -0.480 e. The van der Waals surface area contributed by atoms with Crippen molar-refractivity contribution in [3.8, 4) is 0 Å². The molecule has 1 saturated heterocycles. The number of carbonyl (C=O) groups is 3. The molecule has 32 heavy (non-hydrogen) atoms. The number of hydrogen-bond acceptors (Lipinski definition) is 4. The number of aromatic nitrogens is 1. The Hall–Kier alpha value is -3.65. The second-order valence-corrected chi connectivity index (χ2v) is 8.02. The highest BCUT2D eigenvalue weighted by molar-refractivity contribution is 5.96. The van der Waals surface area contributed by atoms with E-state index in [9.17, 15) is 24.6 Å². The van der Waals surface area contributed by atoms with E-state index in [0.29, 0.717) is 49.2 Å². The highest BCUT2D eigenvalue weighted by Gasteiger charge is 2.33. The van der Waals surface area contributed by atoms with Crippen LogP contribution in [0.3, 0.4) is 0 Å². The highest BCUT2D eigenvalue weighted by atomic mass is 16.4. The quantitative estimate of drug-likeness (QED) is 0.617. The van der Waals surface area contributed by atoms with Gasteiger partial charge >= 0.3 is 11.9 Å². The molecule has 1 atom stereocenters. The largest absolute Gasteiger partial charge is 0.480 e. The predicted molar refractivity (Wildman–Crippen MR) is 119 cm³/mol. The van der Waals surface area contributed by atoms with E-state index in [1.165, 1.54) is 13.0 Å². The number of fused-ring (bicyclic) bond motifs is 1. The van der Waals surface area contributed by atoms with Crippen LogP contribution in [0.25, 0.3) is 10.9 Å². The SMILES string of the molecule is CC(=O)N1CCN([C@H](C(=O)O)c2cn(Cc3ccccc3)c3cc(C(=O)O)ccc23)CC1. The van der Waals surface area contributed by atoms with Crippen LogP contribution < -0.4 is 0 Å². The maximum Gasteiger partial charge on any atom is 0.335 e. The summed E-state index contributed by atoms with van der Waals surface area (Å²) in [5, 5.41) is 20.3. The minimum absolute atomic E-state index is 0.0165. The predicted octanol–water partition coefficient (Wildman–Crippen LogP) is 2.68. The molecular formula is C24H25N3O5. The lowest BCUT2D eigenvalue weighted by Crippen LogP contribution is -2.50. The van der Waals surface area contributed by atoms with Gasteiger partial charge in [-0.25, -0.2) is 4.79 Å². The van der Waals surface area contributed by atoms with Crippen molar-refractivity contribution in [3.63, 3.8) is 0 Å². The molecule has 1 aliphatic heterocycles. The molecule has 0 spiro atoms. The molecular weight excluding hydrogens is 410 g/mol. The Labute approximate surface area is 185 Å². The zero-order chi connectivity index (χ0) is 22.8. The average Bonchev–Trinajstić information content (AvgIpc) is 3.12. The number of carbonyl (C=O) groups excluding carboxylic acids is 1. The van der Waals surface area contributed by atoms with E-state index in [1.54, 1.807) is 17.0 Å². The van der Waals surface area contributed by atoms with E-state index >= 15 is 0 Å². The lowest BCUT2D eigenvalue weighted by molar-refractivity contribution is -0.144. The molecule has 1 aliphatic rings. The van der Waals surface area contributed by atoms with E-state index in [4.69, 9.17) is 0 Å². The summed E-state index contributed by atoms with van der Waals surface area (Å²) >= 11 is 0. The van der Waals surface area contributed by atoms with Crippen LogP contribution in [-0.4, -0.2) is 68.6 Å². The third-order valence-electron chi connectivity index (χ3n) is 6.01. The molecule has 1 fully saturated rings. The Morgan fingerprint density at radius 2 is 1.66 bits per heavy atom. The van der Waals surface area contributed by atoms with Crippen molar-refractivity contribution in [2.45, 2.75) is 19.5 Å². The molecule has 4 rings (SSSR count). The van der Waals surface area contributed by atoms with Gasteiger partial charge in [-0.3, -0.25) is 14.5 Å². The van der Waals surface area contributed by atoms with E-state index in [0.717, 1.165) is 5.56 Å². The molecule has 0 unspecified atom stereocenters. The Morgan fingerprint density at radius 1 is 0.969 bits per heavy atom. The molecule has 8 heteroatoms. The Balaban J connectivity index is 1.77. The number of aliphatic carboxylic acids is 1. The maximum absolute atomic E-state index is 12.4. The van der Waals surface area contributed by atoms with Crippen LogP contribution in [0.2, 0.25) is 0 Å². The van der Waals surface area contributed by atoms with Crippen LogP contribution in [0.1, 0.15) is 34.5 Å². The van der Waals surface area contributed by atoms with Gasteiger partial charge in [-0.05, 0) is 17.7 Å². The number of rotatable bonds is 6. The van der Waals surface area contributed by atoms with Gasteiger partial charge in [0.2, 0.25) is 5.91 Å². The summed E-state index contributed by atoms with van der Waals surface area (Å²) < 4.78 is 1.91. The van der Waals surface area contributed by atoms with Crippen LogP contribution >= 0.6 is 0 Å².